The summed E-state index contributed by atoms with van der Waals surface area (Å²) in [6.07, 6.45) is 0.663. The normalized spacial score (nSPS) is 13.3. The summed E-state index contributed by atoms with van der Waals surface area (Å²) in [4.78, 5) is 23.2. The Balaban J connectivity index is 4.53. The zero-order valence-corrected chi connectivity index (χ0v) is 15.3. The first-order valence-corrected chi connectivity index (χ1v) is 9.20. The van der Waals surface area contributed by atoms with Crippen molar-refractivity contribution in [2.45, 2.75) is 58.6 Å². The summed E-state index contributed by atoms with van der Waals surface area (Å²) in [5.41, 5.74) is -0.631. The Morgan fingerprint density at radius 2 is 1.83 bits per heavy atom. The fourth-order valence-corrected chi connectivity index (χ4v) is 3.04. The summed E-state index contributed by atoms with van der Waals surface area (Å²) < 4.78 is 35.7. The van der Waals surface area contributed by atoms with E-state index in [0.717, 1.165) is 6.42 Å². The molecule has 8 nitrogen and oxygen atoms in total. The second-order valence-electron chi connectivity index (χ2n) is 6.08. The van der Waals surface area contributed by atoms with Crippen molar-refractivity contribution >= 4 is 22.1 Å². The van der Waals surface area contributed by atoms with Crippen LogP contribution in [0.3, 0.4) is 0 Å². The zero-order chi connectivity index (χ0) is 18.1. The van der Waals surface area contributed by atoms with E-state index >= 15 is 0 Å². The third-order valence-electron chi connectivity index (χ3n) is 2.68. The summed E-state index contributed by atoms with van der Waals surface area (Å²) in [5, 5.41) is 2.47. The molecule has 0 aromatic rings. The first kappa shape index (κ1) is 21.6. The highest BCUT2D eigenvalue weighted by atomic mass is 32.2. The molecule has 9 heteroatoms. The van der Waals surface area contributed by atoms with Gasteiger partial charge in [0.05, 0.1) is 12.9 Å². The highest BCUT2D eigenvalue weighted by molar-refractivity contribution is 7.89. The van der Waals surface area contributed by atoms with E-state index in [9.17, 15) is 18.0 Å². The van der Waals surface area contributed by atoms with Crippen molar-refractivity contribution in [3.05, 3.63) is 0 Å². The Hall–Kier alpha value is -1.35. The van der Waals surface area contributed by atoms with E-state index in [1.165, 1.54) is 7.11 Å². The van der Waals surface area contributed by atoms with Gasteiger partial charge in [-0.2, -0.15) is 0 Å². The van der Waals surface area contributed by atoms with Gasteiger partial charge < -0.3 is 14.8 Å². The van der Waals surface area contributed by atoms with Gasteiger partial charge in [0.2, 0.25) is 10.0 Å². The van der Waals surface area contributed by atoms with E-state index in [0.29, 0.717) is 6.42 Å². The molecule has 0 fully saturated rings. The molecule has 0 saturated heterocycles. The number of ether oxygens (including phenoxy) is 2. The summed E-state index contributed by atoms with van der Waals surface area (Å²) >= 11 is 0. The maximum absolute atomic E-state index is 11.9. The predicted octanol–water partition coefficient (Wildman–Crippen LogP) is 1.16. The van der Waals surface area contributed by atoms with Crippen LogP contribution in [-0.2, 0) is 24.3 Å². The van der Waals surface area contributed by atoms with Crippen molar-refractivity contribution in [1.82, 2.24) is 10.0 Å². The lowest BCUT2D eigenvalue weighted by Gasteiger charge is -2.20. The second-order valence-corrected chi connectivity index (χ2v) is 7.96. The van der Waals surface area contributed by atoms with E-state index in [4.69, 9.17) is 4.74 Å². The highest BCUT2D eigenvalue weighted by Crippen LogP contribution is 2.06. The summed E-state index contributed by atoms with van der Waals surface area (Å²) in [7, 11) is -2.39. The maximum atomic E-state index is 11.9. The van der Waals surface area contributed by atoms with Crippen LogP contribution in [-0.4, -0.2) is 51.5 Å². The van der Waals surface area contributed by atoms with Gasteiger partial charge in [0.15, 0.2) is 0 Å². The van der Waals surface area contributed by atoms with Crippen molar-refractivity contribution in [2.75, 3.05) is 19.4 Å². The molecule has 0 aromatic heterocycles. The minimum Gasteiger partial charge on any atom is -0.468 e. The molecule has 0 radical (unpaired) electrons. The fraction of sp³-hybridized carbons (Fsp3) is 0.857. The van der Waals surface area contributed by atoms with E-state index in [2.05, 4.69) is 14.8 Å². The molecule has 0 bridgehead atoms. The molecule has 0 aliphatic carbocycles. The standard InChI is InChI=1S/C14H28N2O6S/c1-6-7-10-23(19,20)16-11(12(17)21-5)8-9-15-13(18)22-14(2,3)4/h11,16H,6-10H2,1-5H3,(H,15,18). The molecule has 1 unspecified atom stereocenters. The lowest BCUT2D eigenvalue weighted by atomic mass is 10.2. The SMILES string of the molecule is CCCCS(=O)(=O)NC(CCNC(=O)OC(C)(C)C)C(=O)OC. The molecule has 136 valence electrons. The number of methoxy groups -OCH3 is 1. The van der Waals surface area contributed by atoms with Crippen molar-refractivity contribution in [3.8, 4) is 0 Å². The first-order chi connectivity index (χ1) is 10.5. The van der Waals surface area contributed by atoms with Crippen LogP contribution in [0.1, 0.15) is 47.0 Å². The minimum absolute atomic E-state index is 0.0590. The molecule has 0 saturated carbocycles. The van der Waals surface area contributed by atoms with Gasteiger partial charge in [-0.15, -0.1) is 0 Å². The van der Waals surface area contributed by atoms with Crippen LogP contribution in [0.25, 0.3) is 0 Å². The van der Waals surface area contributed by atoms with Gasteiger partial charge in [-0.3, -0.25) is 4.79 Å². The molecule has 1 amide bonds. The van der Waals surface area contributed by atoms with Gasteiger partial charge in [-0.25, -0.2) is 17.9 Å². The molecule has 0 rings (SSSR count). The number of hydrogen-bond acceptors (Lipinski definition) is 6. The molecule has 2 N–H and O–H groups in total. The van der Waals surface area contributed by atoms with Gasteiger partial charge in [-0.05, 0) is 33.6 Å². The van der Waals surface area contributed by atoms with Gasteiger partial charge in [0.1, 0.15) is 11.6 Å². The quantitative estimate of drug-likeness (QED) is 0.603. The van der Waals surface area contributed by atoms with Crippen molar-refractivity contribution < 1.29 is 27.5 Å². The van der Waals surface area contributed by atoms with Crippen LogP contribution in [0, 0.1) is 0 Å². The third-order valence-corrected chi connectivity index (χ3v) is 4.15. The van der Waals surface area contributed by atoms with Crippen LogP contribution in [0.15, 0.2) is 0 Å². The minimum atomic E-state index is -3.57. The topological polar surface area (TPSA) is 111 Å². The molecule has 0 spiro atoms. The summed E-state index contributed by atoms with van der Waals surface area (Å²) in [5.74, 6) is -0.757. The zero-order valence-electron chi connectivity index (χ0n) is 14.5. The Labute approximate surface area is 138 Å². The van der Waals surface area contributed by atoms with E-state index in [1.807, 2.05) is 6.92 Å². The van der Waals surface area contributed by atoms with E-state index in [-0.39, 0.29) is 18.7 Å². The fourth-order valence-electron chi connectivity index (χ4n) is 1.61. The van der Waals surface area contributed by atoms with Gasteiger partial charge in [0.25, 0.3) is 0 Å². The number of sulfonamides is 1. The smallest absolute Gasteiger partial charge is 0.407 e. The van der Waals surface area contributed by atoms with Crippen molar-refractivity contribution in [2.24, 2.45) is 0 Å². The third kappa shape index (κ3) is 10.9. The number of carbonyl (C=O) groups excluding carboxylic acids is 2. The molecule has 0 aliphatic heterocycles. The number of hydrogen-bond donors (Lipinski definition) is 2. The van der Waals surface area contributed by atoms with Crippen molar-refractivity contribution in [1.29, 1.82) is 0 Å². The molecule has 0 heterocycles. The monoisotopic (exact) mass is 352 g/mol. The highest BCUT2D eigenvalue weighted by Gasteiger charge is 2.25. The number of esters is 1. The number of amides is 1. The first-order valence-electron chi connectivity index (χ1n) is 7.55. The average molecular weight is 352 g/mol. The maximum Gasteiger partial charge on any atom is 0.407 e. The average Bonchev–Trinajstić information content (AvgIpc) is 2.41. The van der Waals surface area contributed by atoms with Crippen molar-refractivity contribution in [3.63, 3.8) is 0 Å². The van der Waals surface area contributed by atoms with Gasteiger partial charge in [-0.1, -0.05) is 13.3 Å². The van der Waals surface area contributed by atoms with E-state index in [1.54, 1.807) is 20.8 Å². The largest absolute Gasteiger partial charge is 0.468 e. The number of rotatable bonds is 9. The van der Waals surface area contributed by atoms with Crippen LogP contribution in [0.4, 0.5) is 4.79 Å². The van der Waals surface area contributed by atoms with Crippen LogP contribution in [0.2, 0.25) is 0 Å². The molecular weight excluding hydrogens is 324 g/mol. The summed E-state index contributed by atoms with van der Waals surface area (Å²) in [6, 6.07) is -1.04. The lowest BCUT2D eigenvalue weighted by Crippen LogP contribution is -2.44. The number of unbranched alkanes of at least 4 members (excludes halogenated alkanes) is 1. The Morgan fingerprint density at radius 3 is 2.30 bits per heavy atom. The van der Waals surface area contributed by atoms with Crippen LogP contribution < -0.4 is 10.0 Å². The molecular formula is C14H28N2O6S. The van der Waals surface area contributed by atoms with Crippen LogP contribution >= 0.6 is 0 Å². The lowest BCUT2D eigenvalue weighted by molar-refractivity contribution is -0.142. The number of carbonyl (C=O) groups is 2. The van der Waals surface area contributed by atoms with Crippen LogP contribution in [0.5, 0.6) is 0 Å². The number of nitrogens with one attached hydrogen (secondary N) is 2. The molecule has 0 aliphatic rings. The predicted molar refractivity (Wildman–Crippen MR) is 86.5 cm³/mol. The van der Waals surface area contributed by atoms with Gasteiger partial charge >= 0.3 is 12.1 Å². The number of alkyl carbamates (subject to hydrolysis) is 1. The molecule has 23 heavy (non-hydrogen) atoms. The molecule has 1 atom stereocenters. The van der Waals surface area contributed by atoms with Gasteiger partial charge in [0, 0.05) is 6.54 Å². The van der Waals surface area contributed by atoms with E-state index < -0.39 is 33.7 Å². The Kier molecular flexibility index (Phi) is 9.14. The molecule has 0 aromatic carbocycles. The second kappa shape index (κ2) is 9.71. The Morgan fingerprint density at radius 1 is 1.22 bits per heavy atom. The Bertz CT molecular complexity index is 484. The summed E-state index contributed by atoms with van der Waals surface area (Å²) in [6.45, 7) is 7.13.